The molecule has 2 aromatic carbocycles. The van der Waals surface area contributed by atoms with Crippen LogP contribution in [0.1, 0.15) is 11.4 Å². The van der Waals surface area contributed by atoms with Gasteiger partial charge in [-0.3, -0.25) is 0 Å². The highest BCUT2D eigenvalue weighted by atomic mass is 79.9. The predicted octanol–water partition coefficient (Wildman–Crippen LogP) is 5.22. The molecule has 96 valence electrons. The van der Waals surface area contributed by atoms with E-state index in [1.54, 1.807) is 6.07 Å². The molecule has 1 heterocycles. The Morgan fingerprint density at radius 1 is 1.11 bits per heavy atom. The summed E-state index contributed by atoms with van der Waals surface area (Å²) in [5.41, 5.74) is 2.81. The monoisotopic (exact) mass is 354 g/mol. The molecule has 5 heteroatoms. The molecule has 1 N–H and O–H groups in total. The first kappa shape index (κ1) is 13.0. The van der Waals surface area contributed by atoms with Gasteiger partial charge in [-0.05, 0) is 29.8 Å². The number of hydrogen-bond donors (Lipinski definition) is 1. The summed E-state index contributed by atoms with van der Waals surface area (Å²) in [6.45, 7) is 0. The van der Waals surface area contributed by atoms with E-state index < -0.39 is 0 Å². The molecule has 3 aromatic rings. The minimum atomic E-state index is 0.570. The molecule has 3 rings (SSSR count). The summed E-state index contributed by atoms with van der Waals surface area (Å²) in [6, 6.07) is 11.7. The van der Waals surface area contributed by atoms with Crippen LogP contribution in [0.5, 0.6) is 0 Å². The largest absolute Gasteiger partial charge is 0.342 e. The lowest BCUT2D eigenvalue weighted by atomic mass is 10.1. The highest BCUT2D eigenvalue weighted by Gasteiger charge is 2.08. The molecule has 0 atom stereocenters. The van der Waals surface area contributed by atoms with Gasteiger partial charge in [0.15, 0.2) is 0 Å². The summed E-state index contributed by atoms with van der Waals surface area (Å²) in [7, 11) is 0. The van der Waals surface area contributed by atoms with E-state index in [0.717, 1.165) is 27.8 Å². The van der Waals surface area contributed by atoms with Crippen molar-refractivity contribution in [1.82, 2.24) is 9.97 Å². The highest BCUT2D eigenvalue weighted by Crippen LogP contribution is 2.26. The number of nitrogens with one attached hydrogen (secondary N) is 1. The number of halogens is 3. The second kappa shape index (κ2) is 5.16. The van der Waals surface area contributed by atoms with Gasteiger partial charge in [0.05, 0.1) is 10.5 Å². The first-order valence-electron chi connectivity index (χ1n) is 5.70. The van der Waals surface area contributed by atoms with E-state index >= 15 is 0 Å². The molecule has 0 aliphatic rings. The predicted molar refractivity (Wildman–Crippen MR) is 83.1 cm³/mol. The number of hydrogen-bond acceptors (Lipinski definition) is 1. The van der Waals surface area contributed by atoms with Crippen molar-refractivity contribution in [3.63, 3.8) is 0 Å². The van der Waals surface area contributed by atoms with E-state index in [1.807, 2.05) is 18.2 Å². The van der Waals surface area contributed by atoms with Gasteiger partial charge in [-0.2, -0.15) is 0 Å². The Kier molecular flexibility index (Phi) is 3.52. The lowest BCUT2D eigenvalue weighted by molar-refractivity contribution is 1.04. The highest BCUT2D eigenvalue weighted by molar-refractivity contribution is 9.10. The van der Waals surface area contributed by atoms with Crippen LogP contribution in [0.15, 0.2) is 40.9 Å². The zero-order valence-electron chi connectivity index (χ0n) is 9.75. The molecule has 0 amide bonds. The second-order valence-electron chi connectivity index (χ2n) is 4.27. The minimum Gasteiger partial charge on any atom is -0.342 e. The van der Waals surface area contributed by atoms with E-state index in [-0.39, 0.29) is 0 Å². The third-order valence-electron chi connectivity index (χ3n) is 2.84. The van der Waals surface area contributed by atoms with Crippen molar-refractivity contribution in [2.75, 3.05) is 0 Å². The van der Waals surface area contributed by atoms with Crippen LogP contribution in [-0.2, 0) is 6.42 Å². The summed E-state index contributed by atoms with van der Waals surface area (Å²) in [6.07, 6.45) is 0.732. The summed E-state index contributed by atoms with van der Waals surface area (Å²) < 4.78 is 1.07. The van der Waals surface area contributed by atoms with Crippen molar-refractivity contribution in [1.29, 1.82) is 0 Å². The molecule has 0 aliphatic carbocycles. The molecule has 0 fully saturated rings. The smallest absolute Gasteiger partial charge is 0.111 e. The third kappa shape index (κ3) is 2.78. The van der Waals surface area contributed by atoms with Crippen LogP contribution in [0.25, 0.3) is 11.0 Å². The Morgan fingerprint density at radius 2 is 1.84 bits per heavy atom. The fourth-order valence-corrected chi connectivity index (χ4v) is 2.77. The van der Waals surface area contributed by atoms with Crippen molar-refractivity contribution in [3.8, 4) is 0 Å². The molecular formula is C14H9BrCl2N2. The molecular weight excluding hydrogens is 347 g/mol. The van der Waals surface area contributed by atoms with Gasteiger partial charge in [0, 0.05) is 15.9 Å². The molecule has 0 unspecified atom stereocenters. The maximum Gasteiger partial charge on any atom is 0.111 e. The van der Waals surface area contributed by atoms with E-state index in [2.05, 4.69) is 38.0 Å². The van der Waals surface area contributed by atoms with Gasteiger partial charge in [-0.25, -0.2) is 4.98 Å². The van der Waals surface area contributed by atoms with Gasteiger partial charge in [0.25, 0.3) is 0 Å². The second-order valence-corrected chi connectivity index (χ2v) is 6.03. The molecule has 0 bridgehead atoms. The standard InChI is InChI=1S/C14H9BrCl2N2/c15-9-3-1-8(2-4-9)5-13-18-12-7-10(16)6-11(17)14(12)19-13/h1-4,6-7H,5H2,(H,18,19). The summed E-state index contributed by atoms with van der Waals surface area (Å²) in [4.78, 5) is 7.76. The van der Waals surface area contributed by atoms with Crippen molar-refractivity contribution >= 4 is 50.2 Å². The first-order chi connectivity index (χ1) is 9.11. The summed E-state index contributed by atoms with van der Waals surface area (Å²) in [5, 5.41) is 1.18. The van der Waals surface area contributed by atoms with Gasteiger partial charge in [-0.15, -0.1) is 0 Å². The Balaban J connectivity index is 1.97. The van der Waals surface area contributed by atoms with Crippen LogP contribution >= 0.6 is 39.1 Å². The number of fused-ring (bicyclic) bond motifs is 1. The number of H-pyrrole nitrogens is 1. The van der Waals surface area contributed by atoms with Crippen LogP contribution in [0, 0.1) is 0 Å². The van der Waals surface area contributed by atoms with E-state index in [1.165, 1.54) is 5.56 Å². The van der Waals surface area contributed by atoms with Crippen LogP contribution in [-0.4, -0.2) is 9.97 Å². The Labute approximate surface area is 128 Å². The van der Waals surface area contributed by atoms with Crippen molar-refractivity contribution in [2.45, 2.75) is 6.42 Å². The van der Waals surface area contributed by atoms with E-state index in [4.69, 9.17) is 23.2 Å². The number of nitrogens with zero attached hydrogens (tertiary/aromatic N) is 1. The molecule has 0 saturated heterocycles. The quantitative estimate of drug-likeness (QED) is 0.670. The molecule has 0 aliphatic heterocycles. The SMILES string of the molecule is Clc1cc(Cl)c2nc(Cc3ccc(Br)cc3)[nH]c2c1. The lowest BCUT2D eigenvalue weighted by Crippen LogP contribution is -1.89. The van der Waals surface area contributed by atoms with Crippen molar-refractivity contribution in [2.24, 2.45) is 0 Å². The number of aromatic nitrogens is 2. The van der Waals surface area contributed by atoms with Gasteiger partial charge >= 0.3 is 0 Å². The molecule has 2 nitrogen and oxygen atoms in total. The van der Waals surface area contributed by atoms with Crippen LogP contribution in [0.4, 0.5) is 0 Å². The van der Waals surface area contributed by atoms with Gasteiger partial charge in [0.1, 0.15) is 11.3 Å². The summed E-state index contributed by atoms with van der Waals surface area (Å²) in [5.74, 6) is 0.876. The lowest BCUT2D eigenvalue weighted by Gasteiger charge is -1.97. The van der Waals surface area contributed by atoms with Crippen LogP contribution < -0.4 is 0 Å². The van der Waals surface area contributed by atoms with E-state index in [0.29, 0.717) is 10.0 Å². The molecule has 0 spiro atoms. The number of imidazole rings is 1. The maximum absolute atomic E-state index is 6.13. The Bertz CT molecular complexity index is 735. The minimum absolute atomic E-state index is 0.570. The zero-order valence-corrected chi connectivity index (χ0v) is 12.9. The molecule has 19 heavy (non-hydrogen) atoms. The third-order valence-corrected chi connectivity index (χ3v) is 3.87. The fourth-order valence-electron chi connectivity index (χ4n) is 1.97. The number of aromatic amines is 1. The van der Waals surface area contributed by atoms with Crippen LogP contribution in [0.2, 0.25) is 10.0 Å². The summed E-state index contributed by atoms with van der Waals surface area (Å²) >= 11 is 15.5. The van der Waals surface area contributed by atoms with Crippen molar-refractivity contribution in [3.05, 3.63) is 62.3 Å². The first-order valence-corrected chi connectivity index (χ1v) is 7.25. The maximum atomic E-state index is 6.13. The number of rotatable bonds is 2. The van der Waals surface area contributed by atoms with Crippen molar-refractivity contribution < 1.29 is 0 Å². The van der Waals surface area contributed by atoms with Gasteiger partial charge in [-0.1, -0.05) is 51.3 Å². The zero-order chi connectivity index (χ0) is 13.4. The van der Waals surface area contributed by atoms with E-state index in [9.17, 15) is 0 Å². The molecule has 1 aromatic heterocycles. The Hall–Kier alpha value is -1.03. The van der Waals surface area contributed by atoms with Gasteiger partial charge in [0.2, 0.25) is 0 Å². The fraction of sp³-hybridized carbons (Fsp3) is 0.0714. The van der Waals surface area contributed by atoms with Crippen LogP contribution in [0.3, 0.4) is 0 Å². The molecule has 0 saturated carbocycles. The Morgan fingerprint density at radius 3 is 2.58 bits per heavy atom. The average Bonchev–Trinajstić information content (AvgIpc) is 2.75. The topological polar surface area (TPSA) is 28.7 Å². The average molecular weight is 356 g/mol. The van der Waals surface area contributed by atoms with Gasteiger partial charge < -0.3 is 4.98 Å². The normalized spacial score (nSPS) is 11.1. The molecule has 0 radical (unpaired) electrons. The number of benzene rings is 2.